The van der Waals surface area contributed by atoms with Crippen molar-refractivity contribution in [3.05, 3.63) is 69.1 Å². The number of Topliss-reactive ketones (excluding diaryl/α,β-unsaturated/α-hetero) is 1. The minimum absolute atomic E-state index is 0.111. The molecule has 1 atom stereocenters. The second kappa shape index (κ2) is 7.79. The average Bonchev–Trinajstić information content (AvgIpc) is 3.05. The molecular formula is C23H21N3O5. The molecule has 158 valence electrons. The van der Waals surface area contributed by atoms with Gasteiger partial charge in [-0.15, -0.1) is 0 Å². The summed E-state index contributed by atoms with van der Waals surface area (Å²) in [5.41, 5.74) is 3.36. The van der Waals surface area contributed by atoms with E-state index in [-0.39, 0.29) is 28.7 Å². The molecule has 0 aliphatic carbocycles. The van der Waals surface area contributed by atoms with Crippen LogP contribution in [0.3, 0.4) is 0 Å². The number of ketones is 1. The van der Waals surface area contributed by atoms with Crippen LogP contribution in [0.4, 0.5) is 5.69 Å². The van der Waals surface area contributed by atoms with E-state index in [4.69, 9.17) is 4.74 Å². The fourth-order valence-corrected chi connectivity index (χ4v) is 3.70. The van der Waals surface area contributed by atoms with Gasteiger partial charge in [0.2, 0.25) is 5.91 Å². The zero-order chi connectivity index (χ0) is 22.3. The average molecular weight is 419 g/mol. The Balaban J connectivity index is 1.51. The smallest absolute Gasteiger partial charge is 0.338 e. The van der Waals surface area contributed by atoms with E-state index in [0.29, 0.717) is 34.5 Å². The van der Waals surface area contributed by atoms with Crippen molar-refractivity contribution < 1.29 is 19.1 Å². The van der Waals surface area contributed by atoms with Gasteiger partial charge in [-0.2, -0.15) is 0 Å². The van der Waals surface area contributed by atoms with Crippen molar-refractivity contribution in [2.75, 3.05) is 11.9 Å². The highest BCUT2D eigenvalue weighted by atomic mass is 16.5. The molecule has 3 aromatic rings. The number of carbonyl (C=O) groups is 3. The monoisotopic (exact) mass is 419 g/mol. The van der Waals surface area contributed by atoms with Crippen LogP contribution in [-0.4, -0.2) is 33.8 Å². The standard InChI is InChI=1S/C23H21N3O5/c1-4-26-19-8-6-15(10-18(19)24-13(3)22(26)29)23(30)31-11-20(27)14-5-7-17-16(9-14)12(2)21(28)25-17/h5-10,12H,4,11H2,1-3H3,(H,25,28)/t12-/m1/s1. The van der Waals surface area contributed by atoms with Crippen molar-refractivity contribution >= 4 is 34.4 Å². The Morgan fingerprint density at radius 1 is 1.13 bits per heavy atom. The number of anilines is 1. The summed E-state index contributed by atoms with van der Waals surface area (Å²) in [6.45, 7) is 5.31. The molecule has 0 spiro atoms. The van der Waals surface area contributed by atoms with Crippen molar-refractivity contribution in [1.82, 2.24) is 9.55 Å². The van der Waals surface area contributed by atoms with Crippen molar-refractivity contribution in [3.63, 3.8) is 0 Å². The summed E-state index contributed by atoms with van der Waals surface area (Å²) in [6.07, 6.45) is 0. The zero-order valence-electron chi connectivity index (χ0n) is 17.4. The summed E-state index contributed by atoms with van der Waals surface area (Å²) in [7, 11) is 0. The van der Waals surface area contributed by atoms with Crippen LogP contribution < -0.4 is 10.9 Å². The van der Waals surface area contributed by atoms with Gasteiger partial charge < -0.3 is 14.6 Å². The lowest BCUT2D eigenvalue weighted by Gasteiger charge is -2.10. The number of carbonyl (C=O) groups excluding carboxylic acids is 3. The minimum Gasteiger partial charge on any atom is -0.454 e. The van der Waals surface area contributed by atoms with E-state index < -0.39 is 12.6 Å². The van der Waals surface area contributed by atoms with E-state index in [9.17, 15) is 19.2 Å². The van der Waals surface area contributed by atoms with Crippen molar-refractivity contribution in [3.8, 4) is 0 Å². The van der Waals surface area contributed by atoms with E-state index in [1.807, 2.05) is 6.92 Å². The third kappa shape index (κ3) is 3.61. The molecule has 0 saturated heterocycles. The summed E-state index contributed by atoms with van der Waals surface area (Å²) >= 11 is 0. The number of ether oxygens (including phenoxy) is 1. The zero-order valence-corrected chi connectivity index (χ0v) is 17.4. The summed E-state index contributed by atoms with van der Waals surface area (Å²) in [5.74, 6) is -1.47. The second-order valence-electron chi connectivity index (χ2n) is 7.46. The molecule has 2 aromatic carbocycles. The first-order chi connectivity index (χ1) is 14.8. The number of fused-ring (bicyclic) bond motifs is 2. The molecule has 0 unspecified atom stereocenters. The number of esters is 1. The second-order valence-corrected chi connectivity index (χ2v) is 7.46. The van der Waals surface area contributed by atoms with Crippen molar-refractivity contribution in [1.29, 1.82) is 0 Å². The van der Waals surface area contributed by atoms with Gasteiger partial charge in [0.05, 0.1) is 22.5 Å². The number of nitrogens with one attached hydrogen (secondary N) is 1. The molecule has 8 heteroatoms. The number of aryl methyl sites for hydroxylation is 2. The van der Waals surface area contributed by atoms with Gasteiger partial charge in [-0.3, -0.25) is 14.4 Å². The van der Waals surface area contributed by atoms with Crippen molar-refractivity contribution in [2.45, 2.75) is 33.2 Å². The number of nitrogens with zero attached hydrogens (tertiary/aromatic N) is 2. The van der Waals surface area contributed by atoms with Gasteiger partial charge in [0, 0.05) is 17.8 Å². The summed E-state index contributed by atoms with van der Waals surface area (Å²) in [5, 5.41) is 2.75. The van der Waals surface area contributed by atoms with Crippen LogP contribution in [0.1, 0.15) is 51.7 Å². The number of rotatable bonds is 5. The van der Waals surface area contributed by atoms with Gasteiger partial charge in [0.15, 0.2) is 12.4 Å². The van der Waals surface area contributed by atoms with E-state index in [1.165, 1.54) is 0 Å². The third-order valence-electron chi connectivity index (χ3n) is 5.49. The van der Waals surface area contributed by atoms with Crippen LogP contribution in [0.15, 0.2) is 41.2 Å². The highest BCUT2D eigenvalue weighted by Crippen LogP contribution is 2.32. The van der Waals surface area contributed by atoms with Crippen LogP contribution in [-0.2, 0) is 16.1 Å². The molecule has 1 N–H and O–H groups in total. The molecule has 2 heterocycles. The molecule has 0 saturated carbocycles. The molecule has 1 amide bonds. The van der Waals surface area contributed by atoms with Gasteiger partial charge >= 0.3 is 5.97 Å². The quantitative estimate of drug-likeness (QED) is 0.503. The lowest BCUT2D eigenvalue weighted by molar-refractivity contribution is -0.116. The highest BCUT2D eigenvalue weighted by Gasteiger charge is 2.27. The van der Waals surface area contributed by atoms with E-state index in [0.717, 1.165) is 5.56 Å². The Kier molecular flexibility index (Phi) is 5.14. The molecule has 31 heavy (non-hydrogen) atoms. The van der Waals surface area contributed by atoms with Gasteiger partial charge in [-0.25, -0.2) is 9.78 Å². The van der Waals surface area contributed by atoms with Crippen LogP contribution in [0, 0.1) is 6.92 Å². The van der Waals surface area contributed by atoms with E-state index >= 15 is 0 Å². The normalized spacial score (nSPS) is 14.9. The van der Waals surface area contributed by atoms with Gasteiger partial charge in [0.25, 0.3) is 5.56 Å². The Morgan fingerprint density at radius 3 is 2.61 bits per heavy atom. The largest absolute Gasteiger partial charge is 0.454 e. The van der Waals surface area contributed by atoms with E-state index in [1.54, 1.807) is 54.8 Å². The Morgan fingerprint density at radius 2 is 1.87 bits per heavy atom. The molecular weight excluding hydrogens is 398 g/mol. The third-order valence-corrected chi connectivity index (χ3v) is 5.49. The maximum absolute atomic E-state index is 12.5. The number of aromatic nitrogens is 2. The maximum Gasteiger partial charge on any atom is 0.338 e. The first kappa shape index (κ1) is 20.5. The number of hydrogen-bond donors (Lipinski definition) is 1. The summed E-state index contributed by atoms with van der Waals surface area (Å²) < 4.78 is 6.79. The Labute approximate surface area is 177 Å². The number of amides is 1. The van der Waals surface area contributed by atoms with Crippen LogP contribution >= 0.6 is 0 Å². The number of hydrogen-bond acceptors (Lipinski definition) is 6. The van der Waals surface area contributed by atoms with Crippen LogP contribution in [0.2, 0.25) is 0 Å². The fourth-order valence-electron chi connectivity index (χ4n) is 3.70. The predicted octanol–water partition coefficient (Wildman–Crippen LogP) is 2.82. The molecule has 8 nitrogen and oxygen atoms in total. The Hall–Kier alpha value is -3.81. The SMILES string of the molecule is CCn1c(=O)c(C)nc2cc(C(=O)OCC(=O)c3ccc4c(c3)[C@@H](C)C(=O)N4)ccc21. The van der Waals surface area contributed by atoms with E-state index in [2.05, 4.69) is 10.3 Å². The summed E-state index contributed by atoms with van der Waals surface area (Å²) in [6, 6.07) is 9.68. The lowest BCUT2D eigenvalue weighted by Crippen LogP contribution is -2.23. The van der Waals surface area contributed by atoms with Crippen LogP contribution in [0.5, 0.6) is 0 Å². The molecule has 0 bridgehead atoms. The Bertz CT molecular complexity index is 1310. The topological polar surface area (TPSA) is 107 Å². The van der Waals surface area contributed by atoms with Gasteiger partial charge in [-0.05, 0) is 62.7 Å². The van der Waals surface area contributed by atoms with Crippen LogP contribution in [0.25, 0.3) is 11.0 Å². The fraction of sp³-hybridized carbons (Fsp3) is 0.261. The molecule has 0 radical (unpaired) electrons. The molecule has 0 fully saturated rings. The number of benzene rings is 2. The minimum atomic E-state index is -0.657. The predicted molar refractivity (Wildman–Crippen MR) is 115 cm³/mol. The molecule has 1 aliphatic rings. The van der Waals surface area contributed by atoms with Crippen molar-refractivity contribution in [2.24, 2.45) is 0 Å². The molecule has 1 aliphatic heterocycles. The van der Waals surface area contributed by atoms with Gasteiger partial charge in [0.1, 0.15) is 5.69 Å². The highest BCUT2D eigenvalue weighted by molar-refractivity contribution is 6.05. The first-order valence-electron chi connectivity index (χ1n) is 9.96. The molecule has 4 rings (SSSR count). The molecule has 1 aromatic heterocycles. The van der Waals surface area contributed by atoms with Gasteiger partial charge in [-0.1, -0.05) is 0 Å². The summed E-state index contributed by atoms with van der Waals surface area (Å²) in [4.78, 5) is 53.2. The first-order valence-corrected chi connectivity index (χ1v) is 9.96. The maximum atomic E-state index is 12.5. The lowest BCUT2D eigenvalue weighted by atomic mass is 9.99.